The van der Waals surface area contributed by atoms with Crippen LogP contribution in [0.15, 0.2) is 29.2 Å². The average Bonchev–Trinajstić information content (AvgIpc) is 2.38. The monoisotopic (exact) mass is 316 g/mol. The summed E-state index contributed by atoms with van der Waals surface area (Å²) in [5.74, 6) is -1.62. The van der Waals surface area contributed by atoms with E-state index in [-0.39, 0.29) is 24.6 Å². The number of carbonyl (C=O) groups is 2. The molecule has 0 heterocycles. The smallest absolute Gasteiger partial charge is 0.319 e. The van der Waals surface area contributed by atoms with Crippen molar-refractivity contribution in [3.05, 3.63) is 29.8 Å². The number of esters is 1. The van der Waals surface area contributed by atoms with Crippen molar-refractivity contribution in [2.45, 2.75) is 11.3 Å². The number of carbonyl (C=O) groups excluding carboxylic acids is 1. The number of nitrogens with two attached hydrogens (primary N) is 1. The highest BCUT2D eigenvalue weighted by Gasteiger charge is 2.07. The van der Waals surface area contributed by atoms with Crippen molar-refractivity contribution in [3.63, 3.8) is 0 Å². The first-order valence-corrected chi connectivity index (χ1v) is 7.53. The number of hydrogen-bond donors (Lipinski definition) is 3. The fourth-order valence-corrected chi connectivity index (χ4v) is 1.97. The molecule has 21 heavy (non-hydrogen) atoms. The van der Waals surface area contributed by atoms with E-state index in [2.05, 4.69) is 5.32 Å². The minimum atomic E-state index is -3.71. The zero-order valence-corrected chi connectivity index (χ0v) is 11.9. The average molecular weight is 316 g/mol. The maximum atomic E-state index is 11.2. The molecule has 0 spiro atoms. The number of nitrogens with one attached hydrogen (secondary N) is 1. The van der Waals surface area contributed by atoms with Crippen LogP contribution < -0.4 is 10.5 Å². The van der Waals surface area contributed by atoms with E-state index in [1.807, 2.05) is 0 Å². The Morgan fingerprint density at radius 1 is 1.19 bits per heavy atom. The van der Waals surface area contributed by atoms with E-state index in [0.717, 1.165) is 5.56 Å². The van der Waals surface area contributed by atoms with Crippen molar-refractivity contribution in [1.82, 2.24) is 5.32 Å². The number of carboxylic acid groups (broad SMARTS) is 1. The van der Waals surface area contributed by atoms with Crippen LogP contribution in [0.5, 0.6) is 0 Å². The van der Waals surface area contributed by atoms with Crippen molar-refractivity contribution < 1.29 is 27.9 Å². The van der Waals surface area contributed by atoms with Crippen molar-refractivity contribution in [1.29, 1.82) is 0 Å². The molecule has 1 aromatic rings. The molecule has 4 N–H and O–H groups in total. The molecule has 0 saturated carbocycles. The maximum Gasteiger partial charge on any atom is 0.319 e. The van der Waals surface area contributed by atoms with E-state index in [1.54, 1.807) is 12.1 Å². The molecule has 116 valence electrons. The fraction of sp³-hybridized carbons (Fsp3) is 0.333. The summed E-state index contributed by atoms with van der Waals surface area (Å²) < 4.78 is 27.0. The quantitative estimate of drug-likeness (QED) is 0.528. The van der Waals surface area contributed by atoms with Gasteiger partial charge in [0.05, 0.1) is 24.6 Å². The van der Waals surface area contributed by atoms with Gasteiger partial charge in [-0.1, -0.05) is 12.1 Å². The molecule has 1 aromatic carbocycles. The topological polar surface area (TPSA) is 136 Å². The molecule has 0 unspecified atom stereocenters. The second-order valence-corrected chi connectivity index (χ2v) is 5.72. The fourth-order valence-electron chi connectivity index (χ4n) is 1.45. The van der Waals surface area contributed by atoms with Gasteiger partial charge in [-0.2, -0.15) is 0 Å². The standard InChI is InChI=1S/C12H16N2O6S/c13-21(18,19)10-3-1-9(2-4-10)5-6-20-12(17)8-14-7-11(15)16/h1-4,14H,5-8H2,(H,15,16)(H2,13,18,19). The van der Waals surface area contributed by atoms with Gasteiger partial charge in [0.1, 0.15) is 0 Å². The predicted octanol–water partition coefficient (Wildman–Crippen LogP) is -0.906. The summed E-state index contributed by atoms with van der Waals surface area (Å²) in [5, 5.41) is 15.7. The zero-order valence-electron chi connectivity index (χ0n) is 11.1. The molecule has 0 aromatic heterocycles. The molecule has 0 aliphatic heterocycles. The molecule has 0 saturated heterocycles. The van der Waals surface area contributed by atoms with Crippen LogP contribution in [0.3, 0.4) is 0 Å². The summed E-state index contributed by atoms with van der Waals surface area (Å²) in [7, 11) is -3.71. The van der Waals surface area contributed by atoms with E-state index < -0.39 is 22.0 Å². The number of ether oxygens (including phenoxy) is 1. The van der Waals surface area contributed by atoms with Gasteiger partial charge in [0.2, 0.25) is 10.0 Å². The highest BCUT2D eigenvalue weighted by molar-refractivity contribution is 7.89. The van der Waals surface area contributed by atoms with Crippen LogP contribution in [0.4, 0.5) is 0 Å². The van der Waals surface area contributed by atoms with Gasteiger partial charge < -0.3 is 9.84 Å². The summed E-state index contributed by atoms with van der Waals surface area (Å²) in [6.07, 6.45) is 0.412. The lowest BCUT2D eigenvalue weighted by Gasteiger charge is -2.06. The third-order valence-electron chi connectivity index (χ3n) is 2.45. The van der Waals surface area contributed by atoms with Crippen LogP contribution in [0.25, 0.3) is 0 Å². The minimum absolute atomic E-state index is 0.0149. The lowest BCUT2D eigenvalue weighted by atomic mass is 10.2. The van der Waals surface area contributed by atoms with E-state index >= 15 is 0 Å². The normalized spacial score (nSPS) is 11.1. The SMILES string of the molecule is NS(=O)(=O)c1ccc(CCOC(=O)CNCC(=O)O)cc1. The van der Waals surface area contributed by atoms with Gasteiger partial charge >= 0.3 is 11.9 Å². The van der Waals surface area contributed by atoms with Gasteiger partial charge in [-0.05, 0) is 17.7 Å². The number of benzene rings is 1. The van der Waals surface area contributed by atoms with Crippen molar-refractivity contribution in [2.24, 2.45) is 5.14 Å². The Balaban J connectivity index is 2.32. The lowest BCUT2D eigenvalue weighted by molar-refractivity contribution is -0.142. The van der Waals surface area contributed by atoms with Gasteiger partial charge in [0.15, 0.2) is 0 Å². The summed E-state index contributed by atoms with van der Waals surface area (Å²) in [6.45, 7) is -0.386. The summed E-state index contributed by atoms with van der Waals surface area (Å²) in [6, 6.07) is 5.91. The van der Waals surface area contributed by atoms with Crippen molar-refractivity contribution in [3.8, 4) is 0 Å². The van der Waals surface area contributed by atoms with Crippen LogP contribution in [0.1, 0.15) is 5.56 Å². The second kappa shape index (κ2) is 7.72. The second-order valence-electron chi connectivity index (χ2n) is 4.16. The van der Waals surface area contributed by atoms with Crippen LogP contribution in [0, 0.1) is 0 Å². The number of sulfonamides is 1. The third-order valence-corrected chi connectivity index (χ3v) is 3.38. The maximum absolute atomic E-state index is 11.2. The first-order valence-electron chi connectivity index (χ1n) is 5.99. The number of hydrogen-bond acceptors (Lipinski definition) is 6. The molecule has 0 bridgehead atoms. The zero-order chi connectivity index (χ0) is 15.9. The van der Waals surface area contributed by atoms with E-state index in [0.29, 0.717) is 6.42 Å². The molecule has 9 heteroatoms. The van der Waals surface area contributed by atoms with Crippen molar-refractivity contribution in [2.75, 3.05) is 19.7 Å². The Hall–Kier alpha value is -1.97. The first kappa shape index (κ1) is 17.1. The Morgan fingerprint density at radius 3 is 2.33 bits per heavy atom. The lowest BCUT2D eigenvalue weighted by Crippen LogP contribution is -2.29. The molecule has 0 atom stereocenters. The molecule has 0 aliphatic rings. The van der Waals surface area contributed by atoms with Gasteiger partial charge in [-0.3, -0.25) is 14.9 Å². The molecular formula is C12H16N2O6S. The van der Waals surface area contributed by atoms with Crippen LogP contribution in [-0.4, -0.2) is 45.2 Å². The predicted molar refractivity (Wildman–Crippen MR) is 73.0 cm³/mol. The van der Waals surface area contributed by atoms with Crippen LogP contribution in [0.2, 0.25) is 0 Å². The molecular weight excluding hydrogens is 300 g/mol. The molecule has 0 aliphatic carbocycles. The van der Waals surface area contributed by atoms with E-state index in [4.69, 9.17) is 15.0 Å². The molecule has 0 fully saturated rings. The Labute approximate surface area is 122 Å². The first-order chi connectivity index (χ1) is 9.79. The van der Waals surface area contributed by atoms with Gasteiger partial charge in [-0.25, -0.2) is 13.6 Å². The highest BCUT2D eigenvalue weighted by atomic mass is 32.2. The Morgan fingerprint density at radius 2 is 1.81 bits per heavy atom. The van der Waals surface area contributed by atoms with Gasteiger partial charge in [0.25, 0.3) is 0 Å². The van der Waals surface area contributed by atoms with E-state index in [9.17, 15) is 18.0 Å². The summed E-state index contributed by atoms with van der Waals surface area (Å²) in [5.41, 5.74) is 0.786. The Kier molecular flexibility index (Phi) is 6.28. The van der Waals surface area contributed by atoms with Gasteiger partial charge in [-0.15, -0.1) is 0 Å². The molecule has 0 amide bonds. The minimum Gasteiger partial charge on any atom is -0.480 e. The van der Waals surface area contributed by atoms with Crippen LogP contribution in [-0.2, 0) is 30.8 Å². The number of primary sulfonamides is 1. The summed E-state index contributed by atoms with van der Waals surface area (Å²) in [4.78, 5) is 21.5. The molecule has 1 rings (SSSR count). The molecule has 8 nitrogen and oxygen atoms in total. The Bertz CT molecular complexity index is 597. The summed E-state index contributed by atoms with van der Waals surface area (Å²) >= 11 is 0. The van der Waals surface area contributed by atoms with Crippen molar-refractivity contribution >= 4 is 22.0 Å². The largest absolute Gasteiger partial charge is 0.480 e. The number of aliphatic carboxylic acids is 1. The van der Waals surface area contributed by atoms with E-state index in [1.165, 1.54) is 12.1 Å². The number of carboxylic acids is 1. The number of rotatable bonds is 8. The van der Waals surface area contributed by atoms with Gasteiger partial charge in [0, 0.05) is 6.42 Å². The third kappa shape index (κ3) is 6.84. The van der Waals surface area contributed by atoms with Crippen LogP contribution >= 0.6 is 0 Å². The molecule has 0 radical (unpaired) electrons. The highest BCUT2D eigenvalue weighted by Crippen LogP contribution is 2.09.